The van der Waals surface area contributed by atoms with Crippen molar-refractivity contribution in [2.45, 2.75) is 26.7 Å². The van der Waals surface area contributed by atoms with Crippen LogP contribution in [0.5, 0.6) is 0 Å². The molecule has 1 aliphatic rings. The van der Waals surface area contributed by atoms with E-state index in [-0.39, 0.29) is 11.8 Å². The van der Waals surface area contributed by atoms with Gasteiger partial charge in [0.1, 0.15) is 0 Å². The third-order valence-corrected chi connectivity index (χ3v) is 3.25. The van der Waals surface area contributed by atoms with Crippen LogP contribution in [0.1, 0.15) is 26.7 Å². The van der Waals surface area contributed by atoms with E-state index in [9.17, 15) is 4.79 Å². The molecule has 0 aromatic rings. The molecule has 0 spiro atoms. The number of carbonyl (C=O) groups excluding carboxylic acids is 1. The van der Waals surface area contributed by atoms with Crippen molar-refractivity contribution in [1.82, 2.24) is 4.90 Å². The Labute approximate surface area is 90.6 Å². The zero-order valence-electron chi connectivity index (χ0n) is 8.82. The fourth-order valence-corrected chi connectivity index (χ4v) is 1.80. The maximum absolute atomic E-state index is 11.5. The van der Waals surface area contributed by atoms with Crippen molar-refractivity contribution in [3.8, 4) is 0 Å². The van der Waals surface area contributed by atoms with Gasteiger partial charge in [-0.3, -0.25) is 4.79 Å². The van der Waals surface area contributed by atoms with Crippen molar-refractivity contribution in [2.75, 3.05) is 13.1 Å². The van der Waals surface area contributed by atoms with Gasteiger partial charge in [0.15, 0.2) is 0 Å². The molecule has 2 atom stereocenters. The molecule has 0 aromatic heterocycles. The number of rotatable bonds is 4. The van der Waals surface area contributed by atoms with E-state index in [1.54, 1.807) is 0 Å². The summed E-state index contributed by atoms with van der Waals surface area (Å²) in [4.78, 5) is 13.9. The van der Waals surface area contributed by atoms with Gasteiger partial charge in [-0.15, -0.1) is 0 Å². The van der Waals surface area contributed by atoms with Gasteiger partial charge >= 0.3 is 0 Å². The van der Waals surface area contributed by atoms with Crippen LogP contribution in [-0.2, 0) is 4.79 Å². The zero-order chi connectivity index (χ0) is 10.7. The molecule has 1 rings (SSSR count). The Morgan fingerprint density at radius 1 is 1.79 bits per heavy atom. The second-order valence-electron chi connectivity index (χ2n) is 4.08. The molecule has 2 N–H and O–H groups in total. The van der Waals surface area contributed by atoms with Crippen LogP contribution in [0.2, 0.25) is 0 Å². The molecule has 1 amide bonds. The Morgan fingerprint density at radius 2 is 2.43 bits per heavy atom. The maximum Gasteiger partial charge on any atom is 0.222 e. The monoisotopic (exact) mass is 214 g/mol. The summed E-state index contributed by atoms with van der Waals surface area (Å²) in [6.45, 7) is 5.65. The third-order valence-electron chi connectivity index (χ3n) is 2.85. The smallest absolute Gasteiger partial charge is 0.222 e. The normalized spacial score (nSPS) is 24.0. The van der Waals surface area contributed by atoms with Crippen LogP contribution in [-0.4, -0.2) is 28.9 Å². The van der Waals surface area contributed by atoms with Gasteiger partial charge < -0.3 is 10.6 Å². The first kappa shape index (κ1) is 11.4. The van der Waals surface area contributed by atoms with Crippen LogP contribution in [0.25, 0.3) is 0 Å². The topological polar surface area (TPSA) is 46.3 Å². The minimum absolute atomic E-state index is 0.129. The van der Waals surface area contributed by atoms with E-state index >= 15 is 0 Å². The summed E-state index contributed by atoms with van der Waals surface area (Å²) in [5.74, 6) is 0.908. The summed E-state index contributed by atoms with van der Waals surface area (Å²) in [6, 6.07) is 0. The number of thiocarbonyl (C=S) groups is 1. The first-order valence-electron chi connectivity index (χ1n) is 5.11. The second kappa shape index (κ2) is 4.73. The number of hydrogen-bond donors (Lipinski definition) is 1. The summed E-state index contributed by atoms with van der Waals surface area (Å²) < 4.78 is 0. The SMILES string of the molecule is CCC1CC(=O)N(CC(C)C(N)=S)C1. The standard InChI is InChI=1S/C10H18N2OS/c1-3-8-4-9(13)12(6-8)5-7(2)10(11)14/h7-8H,3-6H2,1-2H3,(H2,11,14). The molecule has 0 aromatic carbocycles. The van der Waals surface area contributed by atoms with Gasteiger partial charge in [0.05, 0.1) is 4.99 Å². The average Bonchev–Trinajstić information content (AvgIpc) is 2.47. The van der Waals surface area contributed by atoms with Gasteiger partial charge in [0.2, 0.25) is 5.91 Å². The van der Waals surface area contributed by atoms with Crippen molar-refractivity contribution in [3.05, 3.63) is 0 Å². The number of likely N-dealkylation sites (tertiary alicyclic amines) is 1. The van der Waals surface area contributed by atoms with Crippen molar-refractivity contribution in [3.63, 3.8) is 0 Å². The molecule has 80 valence electrons. The van der Waals surface area contributed by atoms with E-state index in [1.807, 2.05) is 11.8 Å². The van der Waals surface area contributed by atoms with Gasteiger partial charge in [-0.25, -0.2) is 0 Å². The van der Waals surface area contributed by atoms with Crippen LogP contribution in [0, 0.1) is 11.8 Å². The Hall–Kier alpha value is -0.640. The highest BCUT2D eigenvalue weighted by atomic mass is 32.1. The highest BCUT2D eigenvalue weighted by molar-refractivity contribution is 7.80. The van der Waals surface area contributed by atoms with E-state index in [4.69, 9.17) is 18.0 Å². The highest BCUT2D eigenvalue weighted by Crippen LogP contribution is 2.21. The molecule has 1 aliphatic heterocycles. The average molecular weight is 214 g/mol. The molecular formula is C10H18N2OS. The molecule has 0 bridgehead atoms. The summed E-state index contributed by atoms with van der Waals surface area (Å²) in [7, 11) is 0. The Morgan fingerprint density at radius 3 is 2.86 bits per heavy atom. The van der Waals surface area contributed by atoms with E-state index in [0.717, 1.165) is 13.0 Å². The van der Waals surface area contributed by atoms with Crippen LogP contribution < -0.4 is 5.73 Å². The van der Waals surface area contributed by atoms with E-state index < -0.39 is 0 Å². The molecule has 0 saturated carbocycles. The molecule has 0 radical (unpaired) electrons. The molecule has 3 nitrogen and oxygen atoms in total. The summed E-state index contributed by atoms with van der Waals surface area (Å²) >= 11 is 4.89. The largest absolute Gasteiger partial charge is 0.393 e. The Kier molecular flexibility index (Phi) is 3.86. The fourth-order valence-electron chi connectivity index (χ4n) is 1.72. The van der Waals surface area contributed by atoms with Crippen molar-refractivity contribution in [1.29, 1.82) is 0 Å². The van der Waals surface area contributed by atoms with Gasteiger partial charge in [-0.05, 0) is 5.92 Å². The summed E-state index contributed by atoms with van der Waals surface area (Å²) in [5, 5.41) is 0. The second-order valence-corrected chi connectivity index (χ2v) is 4.55. The molecule has 14 heavy (non-hydrogen) atoms. The predicted molar refractivity (Wildman–Crippen MR) is 60.9 cm³/mol. The lowest BCUT2D eigenvalue weighted by atomic mass is 10.1. The summed E-state index contributed by atoms with van der Waals surface area (Å²) in [5.41, 5.74) is 5.52. The van der Waals surface area contributed by atoms with Gasteiger partial charge in [-0.1, -0.05) is 32.5 Å². The lowest BCUT2D eigenvalue weighted by molar-refractivity contribution is -0.127. The number of hydrogen-bond acceptors (Lipinski definition) is 2. The maximum atomic E-state index is 11.5. The number of nitrogens with two attached hydrogens (primary N) is 1. The van der Waals surface area contributed by atoms with E-state index in [1.165, 1.54) is 0 Å². The minimum Gasteiger partial charge on any atom is -0.393 e. The van der Waals surface area contributed by atoms with Gasteiger partial charge in [-0.2, -0.15) is 0 Å². The van der Waals surface area contributed by atoms with E-state index in [0.29, 0.717) is 23.9 Å². The quantitative estimate of drug-likeness (QED) is 0.715. The lowest BCUT2D eigenvalue weighted by Crippen LogP contribution is -2.35. The van der Waals surface area contributed by atoms with Gasteiger partial charge in [0, 0.05) is 25.4 Å². The molecule has 1 saturated heterocycles. The number of carbonyl (C=O) groups is 1. The van der Waals surface area contributed by atoms with Gasteiger partial charge in [0.25, 0.3) is 0 Å². The molecule has 1 fully saturated rings. The van der Waals surface area contributed by atoms with Crippen molar-refractivity contribution < 1.29 is 4.79 Å². The number of nitrogens with zero attached hydrogens (tertiary/aromatic N) is 1. The van der Waals surface area contributed by atoms with Crippen molar-refractivity contribution >= 4 is 23.1 Å². The fraction of sp³-hybridized carbons (Fsp3) is 0.800. The molecular weight excluding hydrogens is 196 g/mol. The summed E-state index contributed by atoms with van der Waals surface area (Å²) in [6.07, 6.45) is 1.77. The molecule has 1 heterocycles. The van der Waals surface area contributed by atoms with Crippen LogP contribution in [0.4, 0.5) is 0 Å². The third kappa shape index (κ3) is 2.67. The number of amides is 1. The van der Waals surface area contributed by atoms with Crippen LogP contribution in [0.3, 0.4) is 0 Å². The van der Waals surface area contributed by atoms with Crippen LogP contribution in [0.15, 0.2) is 0 Å². The first-order valence-corrected chi connectivity index (χ1v) is 5.52. The van der Waals surface area contributed by atoms with Crippen LogP contribution >= 0.6 is 12.2 Å². The van der Waals surface area contributed by atoms with E-state index in [2.05, 4.69) is 6.92 Å². The van der Waals surface area contributed by atoms with Crippen molar-refractivity contribution in [2.24, 2.45) is 17.6 Å². The predicted octanol–water partition coefficient (Wildman–Crippen LogP) is 1.17. The molecule has 2 unspecified atom stereocenters. The highest BCUT2D eigenvalue weighted by Gasteiger charge is 2.29. The Balaban J connectivity index is 2.46. The molecule has 0 aliphatic carbocycles. The molecule has 4 heteroatoms. The first-order chi connectivity index (χ1) is 6.54. The Bertz CT molecular complexity index is 242. The zero-order valence-corrected chi connectivity index (χ0v) is 9.64. The lowest BCUT2D eigenvalue weighted by Gasteiger charge is -2.20. The minimum atomic E-state index is 0.129.